The average molecular weight is 365 g/mol. The Balaban J connectivity index is 3.63. The third-order valence-electron chi connectivity index (χ3n) is 4.03. The first-order valence-corrected chi connectivity index (χ1v) is 11.7. The Morgan fingerprint density at radius 1 is 0.542 bits per heavy atom. The van der Waals surface area contributed by atoms with Gasteiger partial charge in [0.2, 0.25) is 0 Å². The van der Waals surface area contributed by atoms with Crippen LogP contribution in [-0.4, -0.2) is 19.8 Å². The first kappa shape index (κ1) is 24.1. The normalized spacial score (nSPS) is 14.0. The van der Waals surface area contributed by atoms with Crippen molar-refractivity contribution in [3.8, 4) is 0 Å². The zero-order valence-corrected chi connectivity index (χ0v) is 17.3. The molecule has 0 fully saturated rings. The largest absolute Gasteiger partial charge is 0.474 e. The summed E-state index contributed by atoms with van der Waals surface area (Å²) in [6.45, 7) is 7.49. The van der Waals surface area contributed by atoms with Gasteiger partial charge in [-0.3, -0.25) is 13.6 Å². The molecular formula is C19H41O4P. The first-order chi connectivity index (χ1) is 11.7. The summed E-state index contributed by atoms with van der Waals surface area (Å²) in [6, 6.07) is 0. The van der Waals surface area contributed by atoms with E-state index in [0.717, 1.165) is 25.7 Å². The minimum atomic E-state index is -3.34. The summed E-state index contributed by atoms with van der Waals surface area (Å²) in [5.41, 5.74) is 0. The molecule has 0 N–H and O–H groups in total. The smallest absolute Gasteiger partial charge is 0.287 e. The molecular weight excluding hydrogens is 323 g/mol. The third kappa shape index (κ3) is 15.6. The topological polar surface area (TPSA) is 44.8 Å². The molecule has 0 heterocycles. The van der Waals surface area contributed by atoms with Crippen LogP contribution in [0.25, 0.3) is 0 Å². The van der Waals surface area contributed by atoms with Crippen LogP contribution in [0.3, 0.4) is 0 Å². The Bertz CT molecular complexity index is 297. The van der Waals surface area contributed by atoms with Crippen LogP contribution in [0.15, 0.2) is 0 Å². The van der Waals surface area contributed by atoms with Crippen molar-refractivity contribution in [2.45, 2.75) is 104 Å². The molecule has 1 atom stereocenters. The lowest BCUT2D eigenvalue weighted by molar-refractivity contribution is 0.114. The lowest BCUT2D eigenvalue weighted by atomic mass is 10.1. The van der Waals surface area contributed by atoms with E-state index in [0.29, 0.717) is 19.8 Å². The molecule has 0 saturated carbocycles. The average Bonchev–Trinajstić information content (AvgIpc) is 2.57. The van der Waals surface area contributed by atoms with Crippen LogP contribution in [0.4, 0.5) is 0 Å². The van der Waals surface area contributed by atoms with Gasteiger partial charge in [0.1, 0.15) is 0 Å². The highest BCUT2D eigenvalue weighted by Gasteiger charge is 2.25. The summed E-state index contributed by atoms with van der Waals surface area (Å²) in [5.74, 6) is 0. The van der Waals surface area contributed by atoms with Gasteiger partial charge in [0.15, 0.2) is 0 Å². The standard InChI is InChI=1S/C19H41O4P/c1-4-7-9-11-12-13-14-15-17-19-23-24(20,21-6-3)22-18-16-10-8-5-2/h4-19H2,1-3H3. The van der Waals surface area contributed by atoms with Crippen molar-refractivity contribution in [3.63, 3.8) is 0 Å². The SMILES string of the molecule is CCCCCCCCCCCOP(=O)(OCC)OCCCCCC. The second kappa shape index (κ2) is 17.9. The van der Waals surface area contributed by atoms with Crippen molar-refractivity contribution >= 4 is 7.82 Å². The first-order valence-electron chi connectivity index (χ1n) is 10.2. The molecule has 0 rings (SSSR count). The fraction of sp³-hybridized carbons (Fsp3) is 1.00. The van der Waals surface area contributed by atoms with E-state index in [2.05, 4.69) is 13.8 Å². The molecule has 24 heavy (non-hydrogen) atoms. The van der Waals surface area contributed by atoms with Crippen LogP contribution in [0, 0.1) is 0 Å². The molecule has 5 heteroatoms. The molecule has 0 aliphatic carbocycles. The van der Waals surface area contributed by atoms with E-state index in [-0.39, 0.29) is 0 Å². The van der Waals surface area contributed by atoms with Crippen LogP contribution >= 0.6 is 7.82 Å². The number of hydrogen-bond donors (Lipinski definition) is 0. The van der Waals surface area contributed by atoms with E-state index in [1.165, 1.54) is 57.8 Å². The molecule has 0 aromatic heterocycles. The Hall–Kier alpha value is 0.110. The zero-order chi connectivity index (χ0) is 17.9. The number of phosphoric acid groups is 1. The molecule has 0 aliphatic heterocycles. The molecule has 0 spiro atoms. The molecule has 0 aromatic carbocycles. The van der Waals surface area contributed by atoms with Crippen LogP contribution in [-0.2, 0) is 18.1 Å². The maximum Gasteiger partial charge on any atom is 0.474 e. The van der Waals surface area contributed by atoms with Crippen molar-refractivity contribution in [2.75, 3.05) is 19.8 Å². The Morgan fingerprint density at radius 3 is 1.33 bits per heavy atom. The highest BCUT2D eigenvalue weighted by Crippen LogP contribution is 2.49. The van der Waals surface area contributed by atoms with Gasteiger partial charge < -0.3 is 0 Å². The van der Waals surface area contributed by atoms with Gasteiger partial charge in [-0.25, -0.2) is 4.57 Å². The van der Waals surface area contributed by atoms with Crippen molar-refractivity contribution < 1.29 is 18.1 Å². The molecule has 0 radical (unpaired) electrons. The second-order valence-electron chi connectivity index (χ2n) is 6.42. The predicted octanol–water partition coefficient (Wildman–Crippen LogP) is 7.28. The molecule has 0 aliphatic rings. The maximum atomic E-state index is 12.4. The minimum absolute atomic E-state index is 0.351. The van der Waals surface area contributed by atoms with E-state index in [1.54, 1.807) is 0 Å². The number of unbranched alkanes of at least 4 members (excludes halogenated alkanes) is 11. The van der Waals surface area contributed by atoms with E-state index < -0.39 is 7.82 Å². The summed E-state index contributed by atoms with van der Waals surface area (Å²) in [7, 11) is -3.34. The van der Waals surface area contributed by atoms with Crippen LogP contribution in [0.1, 0.15) is 104 Å². The molecule has 0 aromatic rings. The number of phosphoric ester groups is 1. The number of hydrogen-bond acceptors (Lipinski definition) is 4. The van der Waals surface area contributed by atoms with Gasteiger partial charge in [0, 0.05) is 0 Å². The lowest BCUT2D eigenvalue weighted by Crippen LogP contribution is -2.03. The quantitative estimate of drug-likeness (QED) is 0.178. The van der Waals surface area contributed by atoms with Gasteiger partial charge in [-0.15, -0.1) is 0 Å². The molecule has 0 bridgehead atoms. The summed E-state index contributed by atoms with van der Waals surface area (Å²) in [6.07, 6.45) is 15.7. The molecule has 1 unspecified atom stereocenters. The van der Waals surface area contributed by atoms with Gasteiger partial charge in [0.05, 0.1) is 19.8 Å². The Morgan fingerprint density at radius 2 is 0.917 bits per heavy atom. The van der Waals surface area contributed by atoms with E-state index >= 15 is 0 Å². The number of rotatable bonds is 19. The van der Waals surface area contributed by atoms with Gasteiger partial charge in [-0.2, -0.15) is 0 Å². The third-order valence-corrected chi connectivity index (χ3v) is 5.60. The molecule has 0 saturated heterocycles. The highest BCUT2D eigenvalue weighted by atomic mass is 31.2. The Kier molecular flexibility index (Phi) is 18.0. The Labute approximate surface area is 150 Å². The van der Waals surface area contributed by atoms with Gasteiger partial charge >= 0.3 is 7.82 Å². The van der Waals surface area contributed by atoms with E-state index in [1.807, 2.05) is 6.92 Å². The summed E-state index contributed by atoms with van der Waals surface area (Å²) in [4.78, 5) is 0. The lowest BCUT2D eigenvalue weighted by Gasteiger charge is -2.17. The van der Waals surface area contributed by atoms with Gasteiger partial charge in [0.25, 0.3) is 0 Å². The van der Waals surface area contributed by atoms with E-state index in [9.17, 15) is 4.57 Å². The fourth-order valence-electron chi connectivity index (χ4n) is 2.56. The predicted molar refractivity (Wildman–Crippen MR) is 103 cm³/mol. The van der Waals surface area contributed by atoms with Crippen molar-refractivity contribution in [2.24, 2.45) is 0 Å². The van der Waals surface area contributed by atoms with Gasteiger partial charge in [-0.05, 0) is 19.8 Å². The van der Waals surface area contributed by atoms with Gasteiger partial charge in [-0.1, -0.05) is 84.5 Å². The molecule has 4 nitrogen and oxygen atoms in total. The van der Waals surface area contributed by atoms with Crippen molar-refractivity contribution in [1.29, 1.82) is 0 Å². The summed E-state index contributed by atoms with van der Waals surface area (Å²) >= 11 is 0. The molecule has 146 valence electrons. The van der Waals surface area contributed by atoms with Crippen molar-refractivity contribution in [1.82, 2.24) is 0 Å². The van der Waals surface area contributed by atoms with Crippen LogP contribution in [0.2, 0.25) is 0 Å². The monoisotopic (exact) mass is 364 g/mol. The van der Waals surface area contributed by atoms with Crippen LogP contribution < -0.4 is 0 Å². The fourth-order valence-corrected chi connectivity index (χ4v) is 3.81. The highest BCUT2D eigenvalue weighted by molar-refractivity contribution is 7.48. The second-order valence-corrected chi connectivity index (χ2v) is 8.09. The van der Waals surface area contributed by atoms with E-state index in [4.69, 9.17) is 13.6 Å². The maximum absolute atomic E-state index is 12.4. The van der Waals surface area contributed by atoms with Crippen LogP contribution in [0.5, 0.6) is 0 Å². The summed E-state index contributed by atoms with van der Waals surface area (Å²) < 4.78 is 28.5. The minimum Gasteiger partial charge on any atom is -0.287 e. The van der Waals surface area contributed by atoms with Crippen molar-refractivity contribution in [3.05, 3.63) is 0 Å². The zero-order valence-electron chi connectivity index (χ0n) is 16.4. The summed E-state index contributed by atoms with van der Waals surface area (Å²) in [5, 5.41) is 0. The molecule has 0 amide bonds.